The second-order valence-corrected chi connectivity index (χ2v) is 4.68. The lowest BCUT2D eigenvalue weighted by atomic mass is 10.3. The van der Waals surface area contributed by atoms with Gasteiger partial charge in [-0.25, -0.2) is 0 Å². The molecule has 4 nitrogen and oxygen atoms in total. The maximum absolute atomic E-state index is 5.55. The highest BCUT2D eigenvalue weighted by molar-refractivity contribution is 7.18. The summed E-state index contributed by atoms with van der Waals surface area (Å²) in [5.74, 6) is 0. The van der Waals surface area contributed by atoms with Crippen LogP contribution in [0.4, 0.5) is 10.3 Å². The van der Waals surface area contributed by atoms with Crippen molar-refractivity contribution in [3.63, 3.8) is 0 Å². The van der Waals surface area contributed by atoms with Crippen molar-refractivity contribution >= 4 is 21.6 Å². The van der Waals surface area contributed by atoms with Crippen LogP contribution in [0.15, 0.2) is 24.3 Å². The van der Waals surface area contributed by atoms with Crippen molar-refractivity contribution in [2.75, 3.05) is 23.7 Å². The Hall–Kier alpha value is -1.36. The van der Waals surface area contributed by atoms with E-state index in [1.54, 1.807) is 0 Å². The van der Waals surface area contributed by atoms with Crippen LogP contribution in [0.5, 0.6) is 0 Å². The van der Waals surface area contributed by atoms with Crippen LogP contribution in [-0.4, -0.2) is 23.3 Å². The average Bonchev–Trinajstić information content (AvgIpc) is 2.48. The number of aromatic nitrogens is 2. The number of rotatable bonds is 5. The Balaban J connectivity index is 2.80. The van der Waals surface area contributed by atoms with E-state index in [0.29, 0.717) is 5.13 Å². The second-order valence-electron chi connectivity index (χ2n) is 3.69. The standard InChI is InChI=1S/C10H16N4S/c1-7(2)5-14(6-8(3)4)10-13-12-9(11)15-10/h1,3,5-6H2,2,4H3,(H2,11,12). The molecular weight excluding hydrogens is 208 g/mol. The molecule has 0 spiro atoms. The summed E-state index contributed by atoms with van der Waals surface area (Å²) < 4.78 is 0. The monoisotopic (exact) mass is 224 g/mol. The molecule has 1 rings (SSSR count). The van der Waals surface area contributed by atoms with Crippen LogP contribution in [-0.2, 0) is 0 Å². The van der Waals surface area contributed by atoms with Crippen LogP contribution in [0, 0.1) is 0 Å². The fraction of sp³-hybridized carbons (Fsp3) is 0.400. The molecule has 0 bridgehead atoms. The summed E-state index contributed by atoms with van der Waals surface area (Å²) in [6, 6.07) is 0. The number of anilines is 2. The molecule has 0 saturated carbocycles. The normalized spacial score (nSPS) is 10.0. The molecule has 0 aliphatic carbocycles. The number of nitrogens with two attached hydrogens (primary N) is 1. The Kier molecular flexibility index (Phi) is 3.85. The quantitative estimate of drug-likeness (QED) is 0.778. The minimum absolute atomic E-state index is 0.485. The molecule has 0 fully saturated rings. The first-order valence-corrected chi connectivity index (χ1v) is 5.43. The van der Waals surface area contributed by atoms with E-state index in [1.807, 2.05) is 13.8 Å². The van der Waals surface area contributed by atoms with Gasteiger partial charge in [-0.2, -0.15) is 0 Å². The third-order valence-electron chi connectivity index (χ3n) is 1.62. The highest BCUT2D eigenvalue weighted by Gasteiger charge is 2.11. The van der Waals surface area contributed by atoms with E-state index in [0.717, 1.165) is 29.4 Å². The van der Waals surface area contributed by atoms with Crippen LogP contribution < -0.4 is 10.6 Å². The van der Waals surface area contributed by atoms with Gasteiger partial charge in [0.2, 0.25) is 10.3 Å². The summed E-state index contributed by atoms with van der Waals surface area (Å²) >= 11 is 1.38. The molecule has 0 saturated heterocycles. The van der Waals surface area contributed by atoms with Crippen molar-refractivity contribution in [3.05, 3.63) is 24.3 Å². The fourth-order valence-electron chi connectivity index (χ4n) is 1.20. The minimum Gasteiger partial charge on any atom is -0.374 e. The van der Waals surface area contributed by atoms with Crippen LogP contribution in [0.25, 0.3) is 0 Å². The van der Waals surface area contributed by atoms with Crippen molar-refractivity contribution < 1.29 is 0 Å². The van der Waals surface area contributed by atoms with Crippen LogP contribution >= 0.6 is 11.3 Å². The Morgan fingerprint density at radius 3 is 2.13 bits per heavy atom. The molecule has 2 N–H and O–H groups in total. The Labute approximate surface area is 94.1 Å². The minimum atomic E-state index is 0.485. The van der Waals surface area contributed by atoms with Gasteiger partial charge < -0.3 is 10.6 Å². The van der Waals surface area contributed by atoms with Gasteiger partial charge in [0.1, 0.15) is 0 Å². The predicted molar refractivity (Wildman–Crippen MR) is 66.2 cm³/mol. The largest absolute Gasteiger partial charge is 0.374 e. The number of hydrogen-bond acceptors (Lipinski definition) is 5. The zero-order valence-corrected chi connectivity index (χ0v) is 9.97. The Morgan fingerprint density at radius 2 is 1.80 bits per heavy atom. The van der Waals surface area contributed by atoms with E-state index in [4.69, 9.17) is 5.73 Å². The Morgan fingerprint density at radius 1 is 1.27 bits per heavy atom. The van der Waals surface area contributed by atoms with Crippen molar-refractivity contribution in [1.29, 1.82) is 0 Å². The van der Waals surface area contributed by atoms with E-state index in [9.17, 15) is 0 Å². The van der Waals surface area contributed by atoms with Crippen molar-refractivity contribution in [1.82, 2.24) is 10.2 Å². The van der Waals surface area contributed by atoms with Crippen molar-refractivity contribution in [2.45, 2.75) is 13.8 Å². The molecule has 1 aromatic heterocycles. The van der Waals surface area contributed by atoms with Gasteiger partial charge >= 0.3 is 0 Å². The average molecular weight is 224 g/mol. The van der Waals surface area contributed by atoms with Gasteiger partial charge in [-0.3, -0.25) is 0 Å². The van der Waals surface area contributed by atoms with E-state index in [-0.39, 0.29) is 0 Å². The lowest BCUT2D eigenvalue weighted by Crippen LogP contribution is -2.26. The molecule has 0 amide bonds. The van der Waals surface area contributed by atoms with E-state index < -0.39 is 0 Å². The van der Waals surface area contributed by atoms with Crippen LogP contribution in [0.3, 0.4) is 0 Å². The molecule has 0 aliphatic heterocycles. The summed E-state index contributed by atoms with van der Waals surface area (Å²) in [6.45, 7) is 13.2. The molecule has 82 valence electrons. The molecule has 1 aromatic rings. The first-order valence-electron chi connectivity index (χ1n) is 4.61. The first-order chi connectivity index (χ1) is 6.99. The van der Waals surface area contributed by atoms with Gasteiger partial charge in [-0.15, -0.1) is 10.2 Å². The molecule has 0 atom stereocenters. The zero-order valence-electron chi connectivity index (χ0n) is 9.16. The maximum Gasteiger partial charge on any atom is 0.210 e. The molecule has 0 aliphatic rings. The van der Waals surface area contributed by atoms with Crippen LogP contribution in [0.1, 0.15) is 13.8 Å². The van der Waals surface area contributed by atoms with Gasteiger partial charge in [-0.05, 0) is 13.8 Å². The number of hydrogen-bond donors (Lipinski definition) is 1. The van der Waals surface area contributed by atoms with Gasteiger partial charge in [0.25, 0.3) is 0 Å². The maximum atomic E-state index is 5.55. The van der Waals surface area contributed by atoms with Gasteiger partial charge in [0.15, 0.2) is 0 Å². The van der Waals surface area contributed by atoms with Gasteiger partial charge in [0.05, 0.1) is 0 Å². The Bertz CT molecular complexity index is 353. The fourth-order valence-corrected chi connectivity index (χ4v) is 1.81. The SMILES string of the molecule is C=C(C)CN(CC(=C)C)c1nnc(N)s1. The molecule has 0 radical (unpaired) electrons. The molecule has 1 heterocycles. The predicted octanol–water partition coefficient (Wildman–Crippen LogP) is 2.08. The lowest BCUT2D eigenvalue weighted by Gasteiger charge is -2.21. The second kappa shape index (κ2) is 4.93. The zero-order chi connectivity index (χ0) is 11.4. The lowest BCUT2D eigenvalue weighted by molar-refractivity contribution is 0.872. The summed E-state index contributed by atoms with van der Waals surface area (Å²) in [5.41, 5.74) is 7.70. The molecule has 5 heteroatoms. The molecule has 0 aromatic carbocycles. The first kappa shape index (κ1) is 11.7. The van der Waals surface area contributed by atoms with Gasteiger partial charge in [-0.1, -0.05) is 35.6 Å². The summed E-state index contributed by atoms with van der Waals surface area (Å²) in [6.07, 6.45) is 0. The summed E-state index contributed by atoms with van der Waals surface area (Å²) in [5, 5.41) is 9.11. The summed E-state index contributed by atoms with van der Waals surface area (Å²) in [7, 11) is 0. The number of nitrogen functional groups attached to an aromatic ring is 1. The van der Waals surface area contributed by atoms with Crippen molar-refractivity contribution in [2.24, 2.45) is 0 Å². The van der Waals surface area contributed by atoms with Gasteiger partial charge in [0, 0.05) is 13.1 Å². The van der Waals surface area contributed by atoms with E-state index in [1.165, 1.54) is 11.3 Å². The third-order valence-corrected chi connectivity index (χ3v) is 2.44. The summed E-state index contributed by atoms with van der Waals surface area (Å²) in [4.78, 5) is 2.07. The topological polar surface area (TPSA) is 55.0 Å². The van der Waals surface area contributed by atoms with E-state index in [2.05, 4.69) is 28.3 Å². The molecular formula is C10H16N4S. The number of nitrogens with zero attached hydrogens (tertiary/aromatic N) is 3. The smallest absolute Gasteiger partial charge is 0.210 e. The van der Waals surface area contributed by atoms with Crippen molar-refractivity contribution in [3.8, 4) is 0 Å². The van der Waals surface area contributed by atoms with E-state index >= 15 is 0 Å². The highest BCUT2D eigenvalue weighted by Crippen LogP contribution is 2.22. The molecule has 0 unspecified atom stereocenters. The van der Waals surface area contributed by atoms with Crippen LogP contribution in [0.2, 0.25) is 0 Å². The molecule has 15 heavy (non-hydrogen) atoms. The third kappa shape index (κ3) is 3.71. The highest BCUT2D eigenvalue weighted by atomic mass is 32.1.